The first-order valence-electron chi connectivity index (χ1n) is 7.90. The molecule has 0 aliphatic rings. The molecule has 1 amide bonds. The van der Waals surface area contributed by atoms with Gasteiger partial charge in [-0.15, -0.1) is 10.2 Å². The fourth-order valence-electron chi connectivity index (χ4n) is 2.19. The van der Waals surface area contributed by atoms with Crippen LogP contribution in [0.1, 0.15) is 17.3 Å². The molecular weight excluding hydrogens is 348 g/mol. The Balaban J connectivity index is 1.53. The van der Waals surface area contributed by atoms with Crippen molar-refractivity contribution in [2.45, 2.75) is 12.1 Å². The molecule has 0 atom stereocenters. The third kappa shape index (κ3) is 4.73. The zero-order valence-corrected chi connectivity index (χ0v) is 14.9. The van der Waals surface area contributed by atoms with E-state index in [0.29, 0.717) is 22.1 Å². The van der Waals surface area contributed by atoms with Crippen LogP contribution in [0.4, 0.5) is 5.69 Å². The molecule has 0 aliphatic heterocycles. The number of ketones is 1. The number of rotatable bonds is 6. The summed E-state index contributed by atoms with van der Waals surface area (Å²) in [7, 11) is 0. The summed E-state index contributed by atoms with van der Waals surface area (Å²) in [5, 5.41) is 11.4. The minimum atomic E-state index is -0.179. The Labute approximate surface area is 155 Å². The van der Waals surface area contributed by atoms with Gasteiger partial charge in [0.05, 0.1) is 11.9 Å². The maximum Gasteiger partial charge on any atom is 0.234 e. The monoisotopic (exact) mass is 364 g/mol. The predicted octanol–water partition coefficient (Wildman–Crippen LogP) is 3.47. The highest BCUT2D eigenvalue weighted by Gasteiger charge is 2.08. The first-order valence-corrected chi connectivity index (χ1v) is 8.89. The summed E-state index contributed by atoms with van der Waals surface area (Å²) < 4.78 is 0. The molecule has 3 aromatic rings. The van der Waals surface area contributed by atoms with Gasteiger partial charge in [-0.25, -0.2) is 4.98 Å². The van der Waals surface area contributed by atoms with Crippen LogP contribution in [-0.2, 0) is 4.79 Å². The third-order valence-electron chi connectivity index (χ3n) is 3.52. The Morgan fingerprint density at radius 3 is 2.35 bits per heavy atom. The van der Waals surface area contributed by atoms with Crippen molar-refractivity contribution in [2.24, 2.45) is 0 Å². The van der Waals surface area contributed by atoms with E-state index in [2.05, 4.69) is 20.5 Å². The number of benzene rings is 2. The lowest BCUT2D eigenvalue weighted by molar-refractivity contribution is -0.113. The van der Waals surface area contributed by atoms with Gasteiger partial charge >= 0.3 is 0 Å². The Morgan fingerprint density at radius 1 is 1.00 bits per heavy atom. The number of Topliss-reactive ketones (excluding diaryl/α,β-unsaturated/α-hetero) is 1. The molecule has 1 aromatic heterocycles. The van der Waals surface area contributed by atoms with Gasteiger partial charge in [0.2, 0.25) is 11.1 Å². The summed E-state index contributed by atoms with van der Waals surface area (Å²) >= 11 is 1.21. The summed E-state index contributed by atoms with van der Waals surface area (Å²) in [6, 6.07) is 16.4. The number of carbonyl (C=O) groups excluding carboxylic acids is 2. The predicted molar refractivity (Wildman–Crippen MR) is 101 cm³/mol. The van der Waals surface area contributed by atoms with Gasteiger partial charge in [-0.3, -0.25) is 9.59 Å². The molecule has 0 saturated heterocycles. The number of hydrogen-bond acceptors (Lipinski definition) is 6. The van der Waals surface area contributed by atoms with Crippen molar-refractivity contribution in [2.75, 3.05) is 11.1 Å². The van der Waals surface area contributed by atoms with Gasteiger partial charge in [-0.05, 0) is 31.2 Å². The van der Waals surface area contributed by atoms with Crippen molar-refractivity contribution >= 4 is 29.1 Å². The maximum absolute atomic E-state index is 12.0. The number of nitrogens with one attached hydrogen (secondary N) is 1. The molecule has 3 rings (SSSR count). The highest BCUT2D eigenvalue weighted by atomic mass is 32.2. The van der Waals surface area contributed by atoms with E-state index in [1.165, 1.54) is 18.7 Å². The Morgan fingerprint density at radius 2 is 1.73 bits per heavy atom. The van der Waals surface area contributed by atoms with Crippen LogP contribution in [0.15, 0.2) is 66.0 Å². The van der Waals surface area contributed by atoms with E-state index in [9.17, 15) is 9.59 Å². The van der Waals surface area contributed by atoms with Gasteiger partial charge in [-0.2, -0.15) is 0 Å². The van der Waals surface area contributed by atoms with Crippen LogP contribution in [0.5, 0.6) is 0 Å². The zero-order valence-electron chi connectivity index (χ0n) is 14.0. The van der Waals surface area contributed by atoms with Gasteiger partial charge in [0, 0.05) is 16.8 Å². The van der Waals surface area contributed by atoms with Crippen molar-refractivity contribution in [1.82, 2.24) is 15.2 Å². The molecule has 0 unspecified atom stereocenters. The van der Waals surface area contributed by atoms with Crippen molar-refractivity contribution in [3.05, 3.63) is 66.4 Å². The van der Waals surface area contributed by atoms with Gasteiger partial charge in [0.1, 0.15) is 5.69 Å². The second kappa shape index (κ2) is 8.35. The standard InChI is InChI=1S/C19H16N4O2S/c1-13(24)14-7-9-16(10-8-14)21-18(25)12-26-19-20-11-17(22-23-19)15-5-3-2-4-6-15/h2-11H,12H2,1H3,(H,21,25). The molecule has 0 radical (unpaired) electrons. The summed E-state index contributed by atoms with van der Waals surface area (Å²) in [5.41, 5.74) is 2.87. The Kier molecular flexibility index (Phi) is 5.70. The average molecular weight is 364 g/mol. The van der Waals surface area contributed by atoms with Crippen LogP contribution in [0.3, 0.4) is 0 Å². The molecule has 0 spiro atoms. The fourth-order valence-corrected chi connectivity index (χ4v) is 2.75. The molecule has 0 fully saturated rings. The van der Waals surface area contributed by atoms with Gasteiger partial charge in [0.25, 0.3) is 0 Å². The van der Waals surface area contributed by atoms with Crippen molar-refractivity contribution in [3.8, 4) is 11.3 Å². The van der Waals surface area contributed by atoms with Crippen molar-refractivity contribution < 1.29 is 9.59 Å². The highest BCUT2D eigenvalue weighted by molar-refractivity contribution is 7.99. The lowest BCUT2D eigenvalue weighted by atomic mass is 10.1. The number of anilines is 1. The van der Waals surface area contributed by atoms with Crippen LogP contribution in [0, 0.1) is 0 Å². The number of thioether (sulfide) groups is 1. The van der Waals surface area contributed by atoms with Gasteiger partial charge in [0.15, 0.2) is 5.78 Å². The maximum atomic E-state index is 12.0. The van der Waals surface area contributed by atoms with E-state index in [4.69, 9.17) is 0 Å². The topological polar surface area (TPSA) is 84.8 Å². The molecule has 2 aromatic carbocycles. The summed E-state index contributed by atoms with van der Waals surface area (Å²) in [6.45, 7) is 1.50. The van der Waals surface area contributed by atoms with Crippen LogP contribution < -0.4 is 5.32 Å². The summed E-state index contributed by atoms with van der Waals surface area (Å²) in [5.74, 6) is -0.0239. The van der Waals surface area contributed by atoms with E-state index in [0.717, 1.165) is 5.56 Å². The zero-order chi connectivity index (χ0) is 18.4. The van der Waals surface area contributed by atoms with Crippen LogP contribution in [-0.4, -0.2) is 32.6 Å². The van der Waals surface area contributed by atoms with Crippen LogP contribution >= 0.6 is 11.8 Å². The average Bonchev–Trinajstić information content (AvgIpc) is 2.68. The van der Waals surface area contributed by atoms with E-state index >= 15 is 0 Å². The lowest BCUT2D eigenvalue weighted by Crippen LogP contribution is -2.14. The minimum absolute atomic E-state index is 0.0120. The van der Waals surface area contributed by atoms with Crippen molar-refractivity contribution in [1.29, 1.82) is 0 Å². The van der Waals surface area contributed by atoms with E-state index in [1.807, 2.05) is 30.3 Å². The second-order valence-electron chi connectivity index (χ2n) is 5.46. The van der Waals surface area contributed by atoms with Crippen molar-refractivity contribution in [3.63, 3.8) is 0 Å². The molecule has 130 valence electrons. The highest BCUT2D eigenvalue weighted by Crippen LogP contribution is 2.17. The summed E-state index contributed by atoms with van der Waals surface area (Å²) in [6.07, 6.45) is 1.64. The molecular formula is C19H16N4O2S. The summed E-state index contributed by atoms with van der Waals surface area (Å²) in [4.78, 5) is 27.5. The molecule has 26 heavy (non-hydrogen) atoms. The second-order valence-corrected chi connectivity index (χ2v) is 6.40. The fraction of sp³-hybridized carbons (Fsp3) is 0.105. The smallest absolute Gasteiger partial charge is 0.234 e. The Bertz CT molecular complexity index is 897. The van der Waals surface area contributed by atoms with Gasteiger partial charge < -0.3 is 5.32 Å². The molecule has 1 heterocycles. The molecule has 6 nitrogen and oxygen atoms in total. The minimum Gasteiger partial charge on any atom is -0.325 e. The van der Waals surface area contributed by atoms with Gasteiger partial charge in [-0.1, -0.05) is 42.1 Å². The molecule has 1 N–H and O–H groups in total. The third-order valence-corrected chi connectivity index (χ3v) is 4.37. The number of carbonyl (C=O) groups is 2. The SMILES string of the molecule is CC(=O)c1ccc(NC(=O)CSc2ncc(-c3ccccc3)nn2)cc1. The first kappa shape index (κ1) is 17.8. The van der Waals surface area contributed by atoms with E-state index < -0.39 is 0 Å². The molecule has 0 bridgehead atoms. The number of amides is 1. The normalized spacial score (nSPS) is 10.3. The first-order chi connectivity index (χ1) is 12.6. The lowest BCUT2D eigenvalue weighted by Gasteiger charge is -2.05. The molecule has 0 aliphatic carbocycles. The molecule has 0 saturated carbocycles. The largest absolute Gasteiger partial charge is 0.325 e. The number of aromatic nitrogens is 3. The Hall–Kier alpha value is -3.06. The van der Waals surface area contributed by atoms with Crippen LogP contribution in [0.2, 0.25) is 0 Å². The number of hydrogen-bond donors (Lipinski definition) is 1. The molecule has 7 heteroatoms. The van der Waals surface area contributed by atoms with E-state index in [-0.39, 0.29) is 17.4 Å². The number of nitrogens with zero attached hydrogens (tertiary/aromatic N) is 3. The quantitative estimate of drug-likeness (QED) is 0.532. The van der Waals surface area contributed by atoms with E-state index in [1.54, 1.807) is 30.5 Å². The van der Waals surface area contributed by atoms with Crippen LogP contribution in [0.25, 0.3) is 11.3 Å².